The first-order chi connectivity index (χ1) is 8.85. The van der Waals surface area contributed by atoms with Gasteiger partial charge in [-0.3, -0.25) is 11.3 Å². The predicted molar refractivity (Wildman–Crippen MR) is 71.2 cm³/mol. The Morgan fingerprint density at radius 2 is 2.44 bits per heavy atom. The van der Waals surface area contributed by atoms with Gasteiger partial charge in [-0.25, -0.2) is 0 Å². The van der Waals surface area contributed by atoms with Gasteiger partial charge in [0.1, 0.15) is 5.75 Å². The summed E-state index contributed by atoms with van der Waals surface area (Å²) in [7, 11) is 0. The van der Waals surface area contributed by atoms with Crippen LogP contribution in [0.25, 0.3) is 0 Å². The Kier molecular flexibility index (Phi) is 4.99. The molecule has 4 heteroatoms. The summed E-state index contributed by atoms with van der Waals surface area (Å²) >= 11 is 0. The fourth-order valence-electron chi connectivity index (χ4n) is 2.34. The van der Waals surface area contributed by atoms with Gasteiger partial charge in [0.05, 0.1) is 19.3 Å². The summed E-state index contributed by atoms with van der Waals surface area (Å²) in [6.45, 7) is 4.45. The summed E-state index contributed by atoms with van der Waals surface area (Å²) in [5.74, 6) is 7.04. The van der Waals surface area contributed by atoms with E-state index in [0.717, 1.165) is 38.4 Å². The van der Waals surface area contributed by atoms with E-state index in [9.17, 15) is 0 Å². The number of rotatable bonds is 6. The molecule has 4 nitrogen and oxygen atoms in total. The molecule has 0 spiro atoms. The number of ether oxygens (including phenoxy) is 2. The van der Waals surface area contributed by atoms with Gasteiger partial charge in [-0.2, -0.15) is 0 Å². The Morgan fingerprint density at radius 1 is 1.56 bits per heavy atom. The van der Waals surface area contributed by atoms with Gasteiger partial charge < -0.3 is 9.47 Å². The van der Waals surface area contributed by atoms with E-state index in [2.05, 4.69) is 24.5 Å². The van der Waals surface area contributed by atoms with Crippen LogP contribution in [0.15, 0.2) is 24.3 Å². The molecule has 0 radical (unpaired) electrons. The SMILES string of the molecule is CCCOc1cccc(C(NN)C2CCOC2)c1. The Labute approximate surface area is 108 Å². The topological polar surface area (TPSA) is 56.5 Å². The third-order valence-corrected chi connectivity index (χ3v) is 3.31. The third kappa shape index (κ3) is 3.22. The molecule has 0 aliphatic carbocycles. The maximum atomic E-state index is 5.69. The van der Waals surface area contributed by atoms with Gasteiger partial charge in [0.25, 0.3) is 0 Å². The van der Waals surface area contributed by atoms with Gasteiger partial charge in [-0.15, -0.1) is 0 Å². The molecule has 100 valence electrons. The summed E-state index contributed by atoms with van der Waals surface area (Å²) in [6.07, 6.45) is 2.06. The molecule has 1 aromatic rings. The molecule has 1 aliphatic heterocycles. The summed E-state index contributed by atoms with van der Waals surface area (Å²) < 4.78 is 11.1. The van der Waals surface area contributed by atoms with Crippen LogP contribution in [0.5, 0.6) is 5.75 Å². The average Bonchev–Trinajstić information content (AvgIpc) is 2.92. The molecule has 3 N–H and O–H groups in total. The minimum atomic E-state index is 0.137. The maximum Gasteiger partial charge on any atom is 0.119 e. The van der Waals surface area contributed by atoms with Crippen LogP contribution < -0.4 is 16.0 Å². The molecule has 1 heterocycles. The van der Waals surface area contributed by atoms with E-state index in [1.165, 1.54) is 5.56 Å². The molecule has 2 atom stereocenters. The lowest BCUT2D eigenvalue weighted by Gasteiger charge is -2.22. The smallest absolute Gasteiger partial charge is 0.119 e. The van der Waals surface area contributed by atoms with Crippen molar-refractivity contribution >= 4 is 0 Å². The number of nitrogens with one attached hydrogen (secondary N) is 1. The molecule has 2 unspecified atom stereocenters. The largest absolute Gasteiger partial charge is 0.494 e. The number of hydrazine groups is 1. The lowest BCUT2D eigenvalue weighted by atomic mass is 9.93. The zero-order chi connectivity index (χ0) is 12.8. The van der Waals surface area contributed by atoms with Crippen molar-refractivity contribution < 1.29 is 9.47 Å². The van der Waals surface area contributed by atoms with E-state index in [0.29, 0.717) is 5.92 Å². The standard InChI is InChI=1S/C14H22N2O2/c1-2-7-18-13-5-3-4-11(9-13)14(16-15)12-6-8-17-10-12/h3-5,9,12,14,16H,2,6-8,10,15H2,1H3. The first kappa shape index (κ1) is 13.3. The molecule has 2 rings (SSSR count). The molecule has 18 heavy (non-hydrogen) atoms. The Balaban J connectivity index is 2.09. The second-order valence-corrected chi connectivity index (χ2v) is 4.69. The summed E-state index contributed by atoms with van der Waals surface area (Å²) in [6, 6.07) is 8.29. The Hall–Kier alpha value is -1.10. The van der Waals surface area contributed by atoms with Crippen LogP contribution in [0.3, 0.4) is 0 Å². The molecule has 1 saturated heterocycles. The van der Waals surface area contributed by atoms with Crippen molar-refractivity contribution in [1.82, 2.24) is 5.43 Å². The van der Waals surface area contributed by atoms with Crippen LogP contribution in [-0.2, 0) is 4.74 Å². The minimum Gasteiger partial charge on any atom is -0.494 e. The highest BCUT2D eigenvalue weighted by atomic mass is 16.5. The van der Waals surface area contributed by atoms with Crippen LogP contribution in [-0.4, -0.2) is 19.8 Å². The quantitative estimate of drug-likeness (QED) is 0.599. The van der Waals surface area contributed by atoms with Crippen molar-refractivity contribution in [3.63, 3.8) is 0 Å². The van der Waals surface area contributed by atoms with Crippen molar-refractivity contribution in [2.75, 3.05) is 19.8 Å². The van der Waals surface area contributed by atoms with Crippen LogP contribution in [0.4, 0.5) is 0 Å². The monoisotopic (exact) mass is 250 g/mol. The summed E-state index contributed by atoms with van der Waals surface area (Å²) in [5, 5.41) is 0. The zero-order valence-corrected chi connectivity index (χ0v) is 10.9. The third-order valence-electron chi connectivity index (χ3n) is 3.31. The number of benzene rings is 1. The maximum absolute atomic E-state index is 5.69. The highest BCUT2D eigenvalue weighted by Crippen LogP contribution is 2.29. The van der Waals surface area contributed by atoms with Gasteiger partial charge in [0.2, 0.25) is 0 Å². The van der Waals surface area contributed by atoms with Crippen molar-refractivity contribution in [3.05, 3.63) is 29.8 Å². The van der Waals surface area contributed by atoms with E-state index in [1.807, 2.05) is 12.1 Å². The van der Waals surface area contributed by atoms with Crippen molar-refractivity contribution in [2.45, 2.75) is 25.8 Å². The van der Waals surface area contributed by atoms with E-state index < -0.39 is 0 Å². The second kappa shape index (κ2) is 6.73. The zero-order valence-electron chi connectivity index (χ0n) is 10.9. The van der Waals surface area contributed by atoms with Gasteiger partial charge in [-0.05, 0) is 30.5 Å². The number of nitrogens with two attached hydrogens (primary N) is 1. The molecule has 0 saturated carbocycles. The molecule has 1 aliphatic rings. The normalized spacial score (nSPS) is 20.9. The van der Waals surface area contributed by atoms with E-state index >= 15 is 0 Å². The van der Waals surface area contributed by atoms with Crippen molar-refractivity contribution in [2.24, 2.45) is 11.8 Å². The fraction of sp³-hybridized carbons (Fsp3) is 0.571. The fourth-order valence-corrected chi connectivity index (χ4v) is 2.34. The number of hydrogen-bond acceptors (Lipinski definition) is 4. The Bertz CT molecular complexity index is 365. The lowest BCUT2D eigenvalue weighted by molar-refractivity contribution is 0.176. The van der Waals surface area contributed by atoms with Crippen molar-refractivity contribution in [1.29, 1.82) is 0 Å². The van der Waals surface area contributed by atoms with Gasteiger partial charge in [0.15, 0.2) is 0 Å². The van der Waals surface area contributed by atoms with Crippen molar-refractivity contribution in [3.8, 4) is 5.75 Å². The minimum absolute atomic E-state index is 0.137. The van der Waals surface area contributed by atoms with Crippen LogP contribution in [0, 0.1) is 5.92 Å². The van der Waals surface area contributed by atoms with Gasteiger partial charge in [0, 0.05) is 12.5 Å². The predicted octanol–water partition coefficient (Wildman–Crippen LogP) is 2.02. The molecule has 0 amide bonds. The first-order valence-corrected chi connectivity index (χ1v) is 6.61. The molecular weight excluding hydrogens is 228 g/mol. The molecule has 0 aromatic heterocycles. The van der Waals surface area contributed by atoms with Crippen LogP contribution in [0.2, 0.25) is 0 Å². The highest BCUT2D eigenvalue weighted by molar-refractivity contribution is 5.31. The van der Waals surface area contributed by atoms with E-state index in [-0.39, 0.29) is 6.04 Å². The summed E-state index contributed by atoms with van der Waals surface area (Å²) in [4.78, 5) is 0. The highest BCUT2D eigenvalue weighted by Gasteiger charge is 2.26. The Morgan fingerprint density at radius 3 is 3.11 bits per heavy atom. The first-order valence-electron chi connectivity index (χ1n) is 6.61. The lowest BCUT2D eigenvalue weighted by Crippen LogP contribution is -2.33. The van der Waals surface area contributed by atoms with Crippen LogP contribution >= 0.6 is 0 Å². The molecular formula is C14H22N2O2. The van der Waals surface area contributed by atoms with E-state index in [1.54, 1.807) is 0 Å². The van der Waals surface area contributed by atoms with Gasteiger partial charge in [-0.1, -0.05) is 19.1 Å². The average molecular weight is 250 g/mol. The molecule has 1 aromatic carbocycles. The molecule has 0 bridgehead atoms. The number of hydrogen-bond donors (Lipinski definition) is 2. The molecule has 1 fully saturated rings. The van der Waals surface area contributed by atoms with Gasteiger partial charge >= 0.3 is 0 Å². The van der Waals surface area contributed by atoms with Crippen LogP contribution in [0.1, 0.15) is 31.4 Å². The summed E-state index contributed by atoms with van der Waals surface area (Å²) in [5.41, 5.74) is 4.08. The second-order valence-electron chi connectivity index (χ2n) is 4.69. The van der Waals surface area contributed by atoms with E-state index in [4.69, 9.17) is 15.3 Å².